The first-order valence-electron chi connectivity index (χ1n) is 31.9. The summed E-state index contributed by atoms with van der Waals surface area (Å²) in [5.74, 6) is -12.6. The van der Waals surface area contributed by atoms with E-state index in [1.165, 1.54) is 37.5 Å². The van der Waals surface area contributed by atoms with Gasteiger partial charge in [-0.05, 0) is 149 Å². The van der Waals surface area contributed by atoms with Gasteiger partial charge in [-0.15, -0.1) is 0 Å². The zero-order valence-electron chi connectivity index (χ0n) is 54.3. The summed E-state index contributed by atoms with van der Waals surface area (Å²) in [7, 11) is 0. The minimum Gasteiger partial charge on any atom is -0.480 e. The molecule has 0 spiro atoms. The van der Waals surface area contributed by atoms with E-state index in [-0.39, 0.29) is 89.4 Å². The standard InChI is InChI=1S/C59H101N17O16/c1-30(2)45(56(88)68-32(5)47(79)65-33(6)50(82)72-40(59(91)92)22-24-44(63)78)73-53(85)37(16-9-11-25-60)69-48(80)35(8)67-54(86)41-19-14-28-75(41)57(89)39(17-10-12-26-61)71-49(81)34(7)66-52(84)38(21-23-43(62)77)70-55(87)42-20-15-29-76(42)58(90)46(31(3)4)74-51(83)36-18-13-27-64-36/h30-42,45-46,64H,9-29,60-61H2,1-8H3,(H2,62,77)(H2,63,78)(H,65,79)(H,66,84)(H,67,86)(H,68,88)(H,69,80)(H,70,87)(H,71,81)(H,72,82)(H,73,85)(H,74,83)(H,91,92)/t32-,33-,34-,35-,36-,37-,38-,39-,40-,41-,42-,45-,46-/m0/s1. The van der Waals surface area contributed by atoms with Crippen LogP contribution in [0.2, 0.25) is 0 Å². The van der Waals surface area contributed by atoms with Crippen molar-refractivity contribution in [2.75, 3.05) is 32.7 Å². The molecule has 0 aromatic carbocycles. The summed E-state index contributed by atoms with van der Waals surface area (Å²) in [5.41, 5.74) is 22.0. The van der Waals surface area contributed by atoms with Gasteiger partial charge in [0.25, 0.3) is 0 Å². The molecule has 92 heavy (non-hydrogen) atoms. The Bertz CT molecular complexity index is 2620. The van der Waals surface area contributed by atoms with Crippen LogP contribution >= 0.6 is 0 Å². The fourth-order valence-corrected chi connectivity index (χ4v) is 10.7. The molecule has 33 heteroatoms. The van der Waals surface area contributed by atoms with E-state index in [1.807, 2.05) is 0 Å². The van der Waals surface area contributed by atoms with E-state index in [4.69, 9.17) is 22.9 Å². The number of hydrogen-bond acceptors (Lipinski definition) is 18. The molecule has 3 aliphatic rings. The van der Waals surface area contributed by atoms with Gasteiger partial charge in [0.1, 0.15) is 72.5 Å². The number of amides is 14. The van der Waals surface area contributed by atoms with Crippen LogP contribution in [-0.2, 0) is 71.9 Å². The Hall–Kier alpha value is -8.07. The molecule has 3 aliphatic heterocycles. The number of primary amides is 2. The van der Waals surface area contributed by atoms with Crippen LogP contribution in [0.15, 0.2) is 0 Å². The quantitative estimate of drug-likeness (QED) is 0.0256. The topological polar surface area (TPSA) is 519 Å². The van der Waals surface area contributed by atoms with Crippen molar-refractivity contribution in [2.45, 2.75) is 237 Å². The summed E-state index contributed by atoms with van der Waals surface area (Å²) < 4.78 is 0. The number of nitrogens with zero attached hydrogens (tertiary/aromatic N) is 2. The monoisotopic (exact) mass is 1300 g/mol. The maximum absolute atomic E-state index is 14.4. The highest BCUT2D eigenvalue weighted by molar-refractivity contribution is 6.00. The highest BCUT2D eigenvalue weighted by Crippen LogP contribution is 2.23. The van der Waals surface area contributed by atoms with Crippen LogP contribution < -0.4 is 81.4 Å². The van der Waals surface area contributed by atoms with E-state index in [0.717, 1.165) is 6.42 Å². The number of carbonyl (C=O) groups is 15. The minimum atomic E-state index is -1.47. The normalized spacial score (nSPS) is 19.5. The van der Waals surface area contributed by atoms with Gasteiger partial charge in [0, 0.05) is 25.9 Å². The highest BCUT2D eigenvalue weighted by Gasteiger charge is 2.43. The summed E-state index contributed by atoms with van der Waals surface area (Å²) in [4.78, 5) is 202. The van der Waals surface area contributed by atoms with Gasteiger partial charge >= 0.3 is 5.97 Å². The van der Waals surface area contributed by atoms with Gasteiger partial charge in [0.2, 0.25) is 82.7 Å². The predicted molar refractivity (Wildman–Crippen MR) is 332 cm³/mol. The maximum Gasteiger partial charge on any atom is 0.326 e. The molecular weight excluding hydrogens is 1200 g/mol. The average Bonchev–Trinajstić information content (AvgIpc) is 1.63. The molecule has 0 radical (unpaired) electrons. The lowest BCUT2D eigenvalue weighted by atomic mass is 10.0. The van der Waals surface area contributed by atoms with Crippen LogP contribution in [-0.4, -0.2) is 215 Å². The van der Waals surface area contributed by atoms with Crippen molar-refractivity contribution in [2.24, 2.45) is 34.8 Å². The Morgan fingerprint density at radius 2 is 0.837 bits per heavy atom. The molecule has 33 nitrogen and oxygen atoms in total. The van der Waals surface area contributed by atoms with Crippen molar-refractivity contribution in [3.8, 4) is 0 Å². The molecule has 518 valence electrons. The first kappa shape index (κ1) is 78.2. The van der Waals surface area contributed by atoms with Crippen LogP contribution in [0.3, 0.4) is 0 Å². The molecule has 0 aromatic heterocycles. The van der Waals surface area contributed by atoms with E-state index >= 15 is 0 Å². The molecule has 0 bridgehead atoms. The number of nitrogens with one attached hydrogen (secondary N) is 11. The minimum absolute atomic E-state index is 0.0485. The van der Waals surface area contributed by atoms with Gasteiger partial charge in [0.05, 0.1) is 6.04 Å². The zero-order valence-corrected chi connectivity index (χ0v) is 54.3. The average molecular weight is 1300 g/mol. The van der Waals surface area contributed by atoms with E-state index < -0.39 is 167 Å². The maximum atomic E-state index is 14.4. The highest BCUT2D eigenvalue weighted by atomic mass is 16.4. The second-order valence-electron chi connectivity index (χ2n) is 24.6. The molecule has 0 saturated carbocycles. The number of likely N-dealkylation sites (tertiary alicyclic amines) is 2. The van der Waals surface area contributed by atoms with E-state index in [1.54, 1.807) is 27.7 Å². The number of rotatable bonds is 39. The predicted octanol–water partition coefficient (Wildman–Crippen LogP) is -5.17. The first-order chi connectivity index (χ1) is 43.3. The third kappa shape index (κ3) is 24.9. The van der Waals surface area contributed by atoms with Gasteiger partial charge in [-0.2, -0.15) is 0 Å². The van der Waals surface area contributed by atoms with E-state index in [9.17, 15) is 77.0 Å². The number of carboxylic acids is 1. The van der Waals surface area contributed by atoms with Gasteiger partial charge in [-0.1, -0.05) is 27.7 Å². The van der Waals surface area contributed by atoms with Gasteiger partial charge in [-0.3, -0.25) is 67.1 Å². The SMILES string of the molecule is CC(C)[C@H](NC(=O)[C@H](CCCCN)NC(=O)[C@H](C)NC(=O)[C@@H]1CCCN1C(=O)[C@H](CCCCN)NC(=O)[C@H](C)NC(=O)[C@H](CCC(N)=O)NC(=O)[C@@H]1CCCN1C(=O)[C@@H](NC(=O)[C@@H]1CCCN1)C(C)C)C(=O)N[C@@H](C)C(=O)N[C@@H](C)C(=O)N[C@@H](CCC(N)=O)C(=O)O. The largest absolute Gasteiger partial charge is 0.480 e. The number of carboxylic acid groups (broad SMARTS) is 1. The molecular formula is C59H101N17O16. The van der Waals surface area contributed by atoms with E-state index in [0.29, 0.717) is 51.5 Å². The molecule has 3 rings (SSSR count). The number of nitrogens with two attached hydrogens (primary N) is 4. The molecule has 3 fully saturated rings. The summed E-state index contributed by atoms with van der Waals surface area (Å²) in [5, 5.41) is 38.2. The molecule has 0 unspecified atom stereocenters. The Morgan fingerprint density at radius 1 is 0.424 bits per heavy atom. The molecule has 14 amide bonds. The fourth-order valence-electron chi connectivity index (χ4n) is 10.7. The van der Waals surface area contributed by atoms with Crippen LogP contribution in [0.5, 0.6) is 0 Å². The summed E-state index contributed by atoms with van der Waals surface area (Å²) >= 11 is 0. The van der Waals surface area contributed by atoms with Crippen LogP contribution in [0.1, 0.15) is 158 Å². The molecule has 3 heterocycles. The first-order valence-corrected chi connectivity index (χ1v) is 31.9. The fraction of sp³-hybridized carbons (Fsp3) is 0.746. The second kappa shape index (κ2) is 38.7. The van der Waals surface area contributed by atoms with Crippen LogP contribution in [0.25, 0.3) is 0 Å². The Morgan fingerprint density at radius 3 is 1.32 bits per heavy atom. The van der Waals surface area contributed by atoms with Crippen molar-refractivity contribution in [3.63, 3.8) is 0 Å². The summed E-state index contributed by atoms with van der Waals surface area (Å²) in [6, 6.07) is -15.4. The van der Waals surface area contributed by atoms with Crippen molar-refractivity contribution in [1.82, 2.24) is 68.3 Å². The molecule has 0 aliphatic carbocycles. The summed E-state index contributed by atoms with van der Waals surface area (Å²) in [6.07, 6.45) is 3.16. The number of aliphatic carboxylic acids is 1. The summed E-state index contributed by atoms with van der Waals surface area (Å²) in [6.45, 7) is 13.5. The lowest BCUT2D eigenvalue weighted by molar-refractivity contribution is -0.143. The lowest BCUT2D eigenvalue weighted by Crippen LogP contribution is -2.60. The third-order valence-electron chi connectivity index (χ3n) is 16.3. The van der Waals surface area contributed by atoms with Crippen LogP contribution in [0.4, 0.5) is 0 Å². The lowest BCUT2D eigenvalue weighted by Gasteiger charge is -2.32. The van der Waals surface area contributed by atoms with Gasteiger partial charge in [-0.25, -0.2) is 4.79 Å². The van der Waals surface area contributed by atoms with Crippen molar-refractivity contribution in [1.29, 1.82) is 0 Å². The Labute approximate surface area is 536 Å². The zero-order chi connectivity index (χ0) is 69.1. The number of carbonyl (C=O) groups excluding carboxylic acids is 14. The third-order valence-corrected chi connectivity index (χ3v) is 16.3. The number of unbranched alkanes of at least 4 members (excludes halogenated alkanes) is 2. The number of hydrogen-bond donors (Lipinski definition) is 16. The van der Waals surface area contributed by atoms with Gasteiger partial charge in [0.15, 0.2) is 0 Å². The Kier molecular flexibility index (Phi) is 32.9. The molecule has 3 saturated heterocycles. The van der Waals surface area contributed by atoms with E-state index in [2.05, 4.69) is 58.5 Å². The Balaban J connectivity index is 1.69. The smallest absolute Gasteiger partial charge is 0.326 e. The van der Waals surface area contributed by atoms with Crippen LogP contribution in [0, 0.1) is 11.8 Å². The van der Waals surface area contributed by atoms with Gasteiger partial charge < -0.3 is 96.3 Å². The van der Waals surface area contributed by atoms with Crippen molar-refractivity contribution < 1.29 is 77.0 Å². The molecule has 20 N–H and O–H groups in total. The molecule has 0 aromatic rings. The second-order valence-corrected chi connectivity index (χ2v) is 24.6. The van der Waals surface area contributed by atoms with Crippen molar-refractivity contribution in [3.05, 3.63) is 0 Å². The van der Waals surface area contributed by atoms with Crippen molar-refractivity contribution >= 4 is 88.7 Å². The molecule has 13 atom stereocenters.